The summed E-state index contributed by atoms with van der Waals surface area (Å²) in [6.07, 6.45) is -5.75. The molecule has 5 heteroatoms. The molecule has 0 N–H and O–H groups in total. The maximum absolute atomic E-state index is 12.3. The van der Waals surface area contributed by atoms with Crippen molar-refractivity contribution in [2.75, 3.05) is 19.7 Å². The zero-order valence-electron chi connectivity index (χ0n) is 8.47. The van der Waals surface area contributed by atoms with Crippen LogP contribution >= 0.6 is 0 Å². The number of alkyl halides is 3. The summed E-state index contributed by atoms with van der Waals surface area (Å²) >= 11 is 0. The lowest BCUT2D eigenvalue weighted by atomic mass is 10.2. The molecule has 1 rings (SSSR count). The Kier molecular flexibility index (Phi) is 3.78. The van der Waals surface area contributed by atoms with Crippen LogP contribution in [0.25, 0.3) is 0 Å². The van der Waals surface area contributed by atoms with Crippen LogP contribution in [0, 0.1) is 0 Å². The van der Waals surface area contributed by atoms with Gasteiger partial charge in [0.2, 0.25) is 0 Å². The Labute approximate surface area is 82.0 Å². The molecule has 1 aliphatic rings. The highest BCUT2D eigenvalue weighted by Gasteiger charge is 2.41. The minimum atomic E-state index is -4.22. The van der Waals surface area contributed by atoms with Crippen molar-refractivity contribution in [3.63, 3.8) is 0 Å². The van der Waals surface area contributed by atoms with Gasteiger partial charge in [-0.2, -0.15) is 13.2 Å². The summed E-state index contributed by atoms with van der Waals surface area (Å²) in [4.78, 5) is 2.01. The fraction of sp³-hybridized carbons (Fsp3) is 1.00. The van der Waals surface area contributed by atoms with Gasteiger partial charge in [-0.1, -0.05) is 0 Å². The van der Waals surface area contributed by atoms with Gasteiger partial charge >= 0.3 is 6.18 Å². The molecule has 0 aromatic heterocycles. The van der Waals surface area contributed by atoms with Crippen LogP contribution in [-0.4, -0.2) is 42.9 Å². The quantitative estimate of drug-likeness (QED) is 0.658. The van der Waals surface area contributed by atoms with Gasteiger partial charge in [-0.15, -0.1) is 0 Å². The van der Waals surface area contributed by atoms with Gasteiger partial charge in [-0.05, 0) is 20.3 Å². The van der Waals surface area contributed by atoms with Crippen LogP contribution < -0.4 is 0 Å². The van der Waals surface area contributed by atoms with Crippen LogP contribution in [0.4, 0.5) is 13.2 Å². The van der Waals surface area contributed by atoms with E-state index in [2.05, 4.69) is 0 Å². The molecule has 1 saturated heterocycles. The third-order valence-electron chi connectivity index (χ3n) is 2.47. The molecule has 0 aromatic rings. The number of rotatable bonds is 1. The second-order valence-electron chi connectivity index (χ2n) is 3.82. The van der Waals surface area contributed by atoms with E-state index in [1.54, 1.807) is 0 Å². The van der Waals surface area contributed by atoms with Crippen LogP contribution in [0.5, 0.6) is 0 Å². The van der Waals surface area contributed by atoms with Gasteiger partial charge in [0, 0.05) is 19.1 Å². The topological polar surface area (TPSA) is 12.5 Å². The third kappa shape index (κ3) is 3.13. The number of hydrogen-bond acceptors (Lipinski definition) is 2. The van der Waals surface area contributed by atoms with Crippen LogP contribution in [0.15, 0.2) is 0 Å². The average Bonchev–Trinajstić information content (AvgIpc) is 2.26. The summed E-state index contributed by atoms with van der Waals surface area (Å²) in [5.41, 5.74) is 0. The molecule has 0 aliphatic carbocycles. The normalized spacial score (nSPS) is 26.6. The van der Waals surface area contributed by atoms with Crippen LogP contribution in [0.3, 0.4) is 0 Å². The van der Waals surface area contributed by atoms with Gasteiger partial charge in [0.25, 0.3) is 0 Å². The predicted molar refractivity (Wildman–Crippen MR) is 47.1 cm³/mol. The summed E-state index contributed by atoms with van der Waals surface area (Å²) in [6.45, 7) is 5.18. The van der Waals surface area contributed by atoms with E-state index in [0.717, 1.165) is 0 Å². The van der Waals surface area contributed by atoms with Gasteiger partial charge in [0.1, 0.15) is 0 Å². The van der Waals surface area contributed by atoms with E-state index in [0.29, 0.717) is 13.1 Å². The number of ether oxygens (including phenoxy) is 1. The van der Waals surface area contributed by atoms with Crippen molar-refractivity contribution in [1.82, 2.24) is 4.90 Å². The molecule has 0 saturated carbocycles. The van der Waals surface area contributed by atoms with E-state index in [1.807, 2.05) is 18.7 Å². The van der Waals surface area contributed by atoms with Crippen molar-refractivity contribution in [3.05, 3.63) is 0 Å². The molecule has 0 aromatic carbocycles. The summed E-state index contributed by atoms with van der Waals surface area (Å²) in [5.74, 6) is 0. The monoisotopic (exact) mass is 211 g/mol. The number of hydrogen-bond donors (Lipinski definition) is 0. The minimum absolute atomic E-state index is 0.0433. The average molecular weight is 211 g/mol. The van der Waals surface area contributed by atoms with E-state index in [9.17, 15) is 13.2 Å². The summed E-state index contributed by atoms with van der Waals surface area (Å²) in [6, 6.07) is 0.283. The first-order valence-corrected chi connectivity index (χ1v) is 4.83. The summed E-state index contributed by atoms with van der Waals surface area (Å²) < 4.78 is 41.7. The molecular formula is C9H16F3NO. The van der Waals surface area contributed by atoms with Crippen molar-refractivity contribution in [2.45, 2.75) is 38.6 Å². The molecule has 0 radical (unpaired) electrons. The molecule has 0 amide bonds. The summed E-state index contributed by atoms with van der Waals surface area (Å²) in [5, 5.41) is 0. The summed E-state index contributed by atoms with van der Waals surface area (Å²) in [7, 11) is 0. The molecule has 0 bridgehead atoms. The zero-order valence-corrected chi connectivity index (χ0v) is 8.47. The molecule has 1 atom stereocenters. The highest BCUT2D eigenvalue weighted by molar-refractivity contribution is 4.75. The van der Waals surface area contributed by atoms with E-state index >= 15 is 0 Å². The van der Waals surface area contributed by atoms with Crippen molar-refractivity contribution in [2.24, 2.45) is 0 Å². The highest BCUT2D eigenvalue weighted by atomic mass is 19.4. The lowest BCUT2D eigenvalue weighted by Crippen LogP contribution is -2.34. The Hall–Kier alpha value is -0.290. The molecule has 1 fully saturated rings. The van der Waals surface area contributed by atoms with Gasteiger partial charge in [-0.25, -0.2) is 0 Å². The van der Waals surface area contributed by atoms with Crippen molar-refractivity contribution in [3.8, 4) is 0 Å². The van der Waals surface area contributed by atoms with Gasteiger partial charge in [-0.3, -0.25) is 4.90 Å². The van der Waals surface area contributed by atoms with Gasteiger partial charge < -0.3 is 4.74 Å². The lowest BCUT2D eigenvalue weighted by Gasteiger charge is -2.23. The maximum atomic E-state index is 12.3. The zero-order chi connectivity index (χ0) is 10.8. The lowest BCUT2D eigenvalue weighted by molar-refractivity contribution is -0.218. The Balaban J connectivity index is 2.49. The largest absolute Gasteiger partial charge is 0.414 e. The Bertz CT molecular complexity index is 181. The first-order valence-electron chi connectivity index (χ1n) is 4.83. The van der Waals surface area contributed by atoms with E-state index in [4.69, 9.17) is 4.74 Å². The minimum Gasteiger partial charge on any atom is -0.367 e. The van der Waals surface area contributed by atoms with E-state index in [1.165, 1.54) is 0 Å². The second-order valence-corrected chi connectivity index (χ2v) is 3.82. The molecule has 1 aliphatic heterocycles. The molecule has 1 heterocycles. The Morgan fingerprint density at radius 2 is 1.93 bits per heavy atom. The second kappa shape index (κ2) is 4.49. The molecule has 84 valence electrons. The number of nitrogens with zero attached hydrogens (tertiary/aromatic N) is 1. The Morgan fingerprint density at radius 1 is 1.29 bits per heavy atom. The SMILES string of the molecule is CC(C)N1CCOC(C(F)(F)F)CC1. The third-order valence-corrected chi connectivity index (χ3v) is 2.47. The molecule has 0 spiro atoms. The van der Waals surface area contributed by atoms with Crippen LogP contribution in [0.1, 0.15) is 20.3 Å². The van der Waals surface area contributed by atoms with Crippen molar-refractivity contribution < 1.29 is 17.9 Å². The smallest absolute Gasteiger partial charge is 0.367 e. The molecule has 2 nitrogen and oxygen atoms in total. The van der Waals surface area contributed by atoms with E-state index < -0.39 is 12.3 Å². The van der Waals surface area contributed by atoms with Crippen molar-refractivity contribution >= 4 is 0 Å². The fourth-order valence-corrected chi connectivity index (χ4v) is 1.56. The first kappa shape index (κ1) is 11.8. The Morgan fingerprint density at radius 3 is 2.43 bits per heavy atom. The molecule has 14 heavy (non-hydrogen) atoms. The predicted octanol–water partition coefficient (Wildman–Crippen LogP) is 2.05. The van der Waals surface area contributed by atoms with Gasteiger partial charge in [0.05, 0.1) is 6.61 Å². The van der Waals surface area contributed by atoms with Crippen LogP contribution in [0.2, 0.25) is 0 Å². The standard InChI is InChI=1S/C9H16F3NO/c1-7(2)13-4-3-8(9(10,11)12)14-6-5-13/h7-8H,3-6H2,1-2H3. The van der Waals surface area contributed by atoms with Gasteiger partial charge in [0.15, 0.2) is 6.10 Å². The maximum Gasteiger partial charge on any atom is 0.414 e. The highest BCUT2D eigenvalue weighted by Crippen LogP contribution is 2.27. The fourth-order valence-electron chi connectivity index (χ4n) is 1.56. The first-order chi connectivity index (χ1) is 6.41. The van der Waals surface area contributed by atoms with E-state index in [-0.39, 0.29) is 19.1 Å². The number of halogens is 3. The molecule has 1 unspecified atom stereocenters. The molecular weight excluding hydrogens is 195 g/mol. The van der Waals surface area contributed by atoms with Crippen molar-refractivity contribution in [1.29, 1.82) is 0 Å². The van der Waals surface area contributed by atoms with Crippen LogP contribution in [-0.2, 0) is 4.74 Å².